The maximum Gasteiger partial charge on any atom is 0.326 e. The Kier molecular flexibility index (Phi) is 5.18. The molecular formula is C16H20N4O4. The van der Waals surface area contributed by atoms with Crippen LogP contribution in [0.15, 0.2) is 18.3 Å². The zero-order valence-corrected chi connectivity index (χ0v) is 13.6. The molecule has 0 spiro atoms. The van der Waals surface area contributed by atoms with E-state index in [1.54, 1.807) is 22.7 Å². The summed E-state index contributed by atoms with van der Waals surface area (Å²) >= 11 is 0. The first-order valence-corrected chi connectivity index (χ1v) is 7.63. The smallest absolute Gasteiger partial charge is 0.326 e. The van der Waals surface area contributed by atoms with Crippen LogP contribution in [0.4, 0.5) is 0 Å². The summed E-state index contributed by atoms with van der Waals surface area (Å²) in [7, 11) is 0. The van der Waals surface area contributed by atoms with E-state index in [0.29, 0.717) is 5.56 Å². The highest BCUT2D eigenvalue weighted by Gasteiger charge is 2.21. The Hall–Kier alpha value is -2.90. The van der Waals surface area contributed by atoms with Crippen molar-refractivity contribution in [2.24, 2.45) is 5.73 Å². The van der Waals surface area contributed by atoms with Gasteiger partial charge >= 0.3 is 5.97 Å². The molecule has 0 bridgehead atoms. The molecule has 4 N–H and O–H groups in total. The lowest BCUT2D eigenvalue weighted by Gasteiger charge is -2.14. The summed E-state index contributed by atoms with van der Waals surface area (Å²) in [6.07, 6.45) is 2.24. The summed E-state index contributed by atoms with van der Waals surface area (Å²) < 4.78 is 1.80. The van der Waals surface area contributed by atoms with Crippen LogP contribution in [0.3, 0.4) is 0 Å². The second kappa shape index (κ2) is 7.12. The molecule has 2 heterocycles. The standard InChI is InChI=1S/C16H20N4O4/c1-3-11-9(2)20-8-10(4-7-14(20)18-11)15(22)19-12(16(23)24)5-6-13(17)21/h4,7-8,12H,3,5-6H2,1-2H3,(H2,17,21)(H,19,22)(H,23,24). The number of fused-ring (bicyclic) bond motifs is 1. The molecule has 0 aliphatic heterocycles. The van der Waals surface area contributed by atoms with Gasteiger partial charge in [-0.1, -0.05) is 6.92 Å². The lowest BCUT2D eigenvalue weighted by molar-refractivity contribution is -0.139. The largest absolute Gasteiger partial charge is 0.480 e. The van der Waals surface area contributed by atoms with Crippen LogP contribution >= 0.6 is 0 Å². The molecule has 0 aromatic carbocycles. The molecule has 0 fully saturated rings. The number of aryl methyl sites for hydroxylation is 2. The monoisotopic (exact) mass is 332 g/mol. The summed E-state index contributed by atoms with van der Waals surface area (Å²) in [5.74, 6) is -2.35. The Morgan fingerprint density at radius 1 is 1.38 bits per heavy atom. The molecule has 128 valence electrons. The van der Waals surface area contributed by atoms with Crippen LogP contribution < -0.4 is 11.1 Å². The van der Waals surface area contributed by atoms with Crippen LogP contribution in [0, 0.1) is 6.92 Å². The van der Waals surface area contributed by atoms with Crippen molar-refractivity contribution in [3.8, 4) is 0 Å². The average Bonchev–Trinajstić information content (AvgIpc) is 2.86. The van der Waals surface area contributed by atoms with E-state index in [1.165, 1.54) is 0 Å². The Labute approximate surface area is 138 Å². The van der Waals surface area contributed by atoms with Gasteiger partial charge in [0.25, 0.3) is 5.91 Å². The van der Waals surface area contributed by atoms with Gasteiger partial charge in [0.05, 0.1) is 11.3 Å². The van der Waals surface area contributed by atoms with Crippen molar-refractivity contribution in [1.29, 1.82) is 0 Å². The maximum absolute atomic E-state index is 12.3. The highest BCUT2D eigenvalue weighted by atomic mass is 16.4. The second-order valence-corrected chi connectivity index (χ2v) is 5.51. The summed E-state index contributed by atoms with van der Waals surface area (Å²) in [6, 6.07) is 2.12. The maximum atomic E-state index is 12.3. The molecular weight excluding hydrogens is 312 g/mol. The number of amides is 2. The zero-order chi connectivity index (χ0) is 17.9. The lowest BCUT2D eigenvalue weighted by atomic mass is 10.1. The normalized spacial score (nSPS) is 12.1. The molecule has 0 saturated carbocycles. The summed E-state index contributed by atoms with van der Waals surface area (Å²) in [5.41, 5.74) is 7.94. The van der Waals surface area contributed by atoms with E-state index in [1.807, 2.05) is 13.8 Å². The fourth-order valence-electron chi connectivity index (χ4n) is 2.47. The van der Waals surface area contributed by atoms with Gasteiger partial charge in [-0.3, -0.25) is 9.59 Å². The molecule has 1 unspecified atom stereocenters. The fraction of sp³-hybridized carbons (Fsp3) is 0.375. The van der Waals surface area contributed by atoms with E-state index in [2.05, 4.69) is 10.3 Å². The number of imidazole rings is 1. The SMILES string of the molecule is CCc1nc2ccc(C(=O)NC(CCC(N)=O)C(=O)O)cn2c1C. The van der Waals surface area contributed by atoms with E-state index >= 15 is 0 Å². The molecule has 0 radical (unpaired) electrons. The van der Waals surface area contributed by atoms with Crippen LogP contribution in [0.2, 0.25) is 0 Å². The molecule has 8 nitrogen and oxygen atoms in total. The van der Waals surface area contributed by atoms with Crippen molar-refractivity contribution in [2.75, 3.05) is 0 Å². The van der Waals surface area contributed by atoms with E-state index in [0.717, 1.165) is 23.5 Å². The van der Waals surface area contributed by atoms with Gasteiger partial charge in [0.2, 0.25) is 5.91 Å². The molecule has 2 aromatic rings. The van der Waals surface area contributed by atoms with E-state index < -0.39 is 23.8 Å². The number of nitrogens with one attached hydrogen (secondary N) is 1. The quantitative estimate of drug-likeness (QED) is 0.686. The van der Waals surface area contributed by atoms with Gasteiger partial charge in [0, 0.05) is 18.3 Å². The van der Waals surface area contributed by atoms with Crippen molar-refractivity contribution in [3.05, 3.63) is 35.3 Å². The number of carbonyl (C=O) groups excluding carboxylic acids is 2. The molecule has 2 aromatic heterocycles. The minimum atomic E-state index is -1.21. The first-order valence-electron chi connectivity index (χ1n) is 7.63. The molecule has 1 atom stereocenters. The lowest BCUT2D eigenvalue weighted by Crippen LogP contribution is -2.41. The molecule has 0 aliphatic rings. The van der Waals surface area contributed by atoms with Crippen molar-refractivity contribution < 1.29 is 19.5 Å². The van der Waals surface area contributed by atoms with Gasteiger partial charge in [-0.05, 0) is 31.9 Å². The Balaban J connectivity index is 2.21. The number of carbonyl (C=O) groups is 3. The Morgan fingerprint density at radius 2 is 2.08 bits per heavy atom. The van der Waals surface area contributed by atoms with Crippen molar-refractivity contribution in [1.82, 2.24) is 14.7 Å². The number of nitrogens with two attached hydrogens (primary N) is 1. The summed E-state index contributed by atoms with van der Waals surface area (Å²) in [6.45, 7) is 3.91. The second-order valence-electron chi connectivity index (χ2n) is 5.51. The Bertz CT molecular complexity index is 797. The summed E-state index contributed by atoms with van der Waals surface area (Å²) in [4.78, 5) is 38.8. The van der Waals surface area contributed by atoms with Crippen LogP contribution in [-0.4, -0.2) is 38.3 Å². The first-order chi connectivity index (χ1) is 11.3. The number of nitrogens with zero attached hydrogens (tertiary/aromatic N) is 2. The van der Waals surface area contributed by atoms with Gasteiger partial charge in [-0.2, -0.15) is 0 Å². The minimum absolute atomic E-state index is 0.0528. The number of carboxylic acids is 1. The number of aromatic nitrogens is 2. The fourth-order valence-corrected chi connectivity index (χ4v) is 2.47. The van der Waals surface area contributed by atoms with E-state index in [9.17, 15) is 14.4 Å². The van der Waals surface area contributed by atoms with Gasteiger partial charge < -0.3 is 20.6 Å². The molecule has 0 saturated heterocycles. The highest BCUT2D eigenvalue weighted by Crippen LogP contribution is 2.14. The predicted molar refractivity (Wildman–Crippen MR) is 86.6 cm³/mol. The van der Waals surface area contributed by atoms with Crippen LogP contribution in [0.25, 0.3) is 5.65 Å². The topological polar surface area (TPSA) is 127 Å². The Morgan fingerprint density at radius 3 is 2.67 bits per heavy atom. The van der Waals surface area contributed by atoms with E-state index in [-0.39, 0.29) is 12.8 Å². The first kappa shape index (κ1) is 17.5. The average molecular weight is 332 g/mol. The van der Waals surface area contributed by atoms with Crippen LogP contribution in [-0.2, 0) is 16.0 Å². The van der Waals surface area contributed by atoms with Crippen molar-refractivity contribution in [2.45, 2.75) is 39.2 Å². The van der Waals surface area contributed by atoms with Gasteiger partial charge in [0.15, 0.2) is 0 Å². The van der Waals surface area contributed by atoms with Gasteiger partial charge in [0.1, 0.15) is 11.7 Å². The number of pyridine rings is 1. The number of aliphatic carboxylic acids is 1. The summed E-state index contributed by atoms with van der Waals surface area (Å²) in [5, 5.41) is 11.6. The predicted octanol–water partition coefficient (Wildman–Crippen LogP) is 0.654. The molecule has 2 amide bonds. The third-order valence-electron chi connectivity index (χ3n) is 3.84. The zero-order valence-electron chi connectivity index (χ0n) is 13.6. The van der Waals surface area contributed by atoms with Crippen LogP contribution in [0.1, 0.15) is 41.5 Å². The van der Waals surface area contributed by atoms with Gasteiger partial charge in [-0.15, -0.1) is 0 Å². The number of hydrogen-bond acceptors (Lipinski definition) is 4. The van der Waals surface area contributed by atoms with Gasteiger partial charge in [-0.25, -0.2) is 9.78 Å². The molecule has 8 heteroatoms. The number of carboxylic acid groups (broad SMARTS) is 1. The number of rotatable bonds is 7. The molecule has 2 rings (SSSR count). The van der Waals surface area contributed by atoms with E-state index in [4.69, 9.17) is 10.8 Å². The third kappa shape index (κ3) is 3.70. The van der Waals surface area contributed by atoms with Crippen LogP contribution in [0.5, 0.6) is 0 Å². The molecule has 24 heavy (non-hydrogen) atoms. The molecule has 0 aliphatic carbocycles. The number of primary amides is 1. The third-order valence-corrected chi connectivity index (χ3v) is 3.84. The minimum Gasteiger partial charge on any atom is -0.480 e. The number of hydrogen-bond donors (Lipinski definition) is 3. The highest BCUT2D eigenvalue weighted by molar-refractivity contribution is 5.96. The van der Waals surface area contributed by atoms with Crippen molar-refractivity contribution in [3.63, 3.8) is 0 Å². The van der Waals surface area contributed by atoms with Crippen molar-refractivity contribution >= 4 is 23.4 Å².